The summed E-state index contributed by atoms with van der Waals surface area (Å²) in [6, 6.07) is 8.98. The van der Waals surface area contributed by atoms with Crippen LogP contribution in [0.4, 0.5) is 30.2 Å². The van der Waals surface area contributed by atoms with Crippen LogP contribution in [-0.2, 0) is 0 Å². The number of halogens is 5. The van der Waals surface area contributed by atoms with Crippen molar-refractivity contribution in [1.82, 2.24) is 0 Å². The summed E-state index contributed by atoms with van der Waals surface area (Å²) in [5.41, 5.74) is 6.47. The monoisotopic (exact) mass is 380 g/mol. The smallest absolute Gasteiger partial charge is 0.404 e. The van der Waals surface area contributed by atoms with Gasteiger partial charge >= 0.3 is 6.36 Å². The molecule has 0 amide bonds. The molecule has 2 aromatic rings. The van der Waals surface area contributed by atoms with Gasteiger partial charge in [0.05, 0.1) is 22.1 Å². The molecule has 112 valence electrons. The number of hydrogen-bond donors (Lipinski definition) is 2. The van der Waals surface area contributed by atoms with Gasteiger partial charge in [-0.15, -0.1) is 13.2 Å². The van der Waals surface area contributed by atoms with Crippen LogP contribution in [0.5, 0.6) is 5.75 Å². The lowest BCUT2D eigenvalue weighted by atomic mass is 10.2. The van der Waals surface area contributed by atoms with Crippen LogP contribution >= 0.6 is 27.5 Å². The number of nitrogens with two attached hydrogens (primary N) is 1. The number of benzene rings is 2. The maximum atomic E-state index is 12.4. The van der Waals surface area contributed by atoms with E-state index >= 15 is 0 Å². The van der Waals surface area contributed by atoms with Crippen molar-refractivity contribution in [2.45, 2.75) is 6.36 Å². The summed E-state index contributed by atoms with van der Waals surface area (Å²) in [5.74, 6) is -0.392. The SMILES string of the molecule is Nc1cccc(Cl)c1Nc1ccc(Br)cc1OC(F)(F)F. The van der Waals surface area contributed by atoms with E-state index in [9.17, 15) is 13.2 Å². The molecule has 0 fully saturated rings. The molecular weight excluding hydrogens is 373 g/mol. The molecule has 8 heteroatoms. The fraction of sp³-hybridized carbons (Fsp3) is 0.0769. The minimum atomic E-state index is -4.80. The molecule has 0 saturated carbocycles. The predicted octanol–water partition coefficient (Wildman–Crippen LogP) is 5.33. The maximum absolute atomic E-state index is 12.4. The zero-order valence-electron chi connectivity index (χ0n) is 10.3. The van der Waals surface area contributed by atoms with Gasteiger partial charge in [-0.1, -0.05) is 33.6 Å². The summed E-state index contributed by atoms with van der Waals surface area (Å²) in [5, 5.41) is 3.04. The fourth-order valence-corrected chi connectivity index (χ4v) is 2.19. The molecule has 2 rings (SSSR count). The Morgan fingerprint density at radius 1 is 1.19 bits per heavy atom. The zero-order valence-corrected chi connectivity index (χ0v) is 12.7. The normalized spacial score (nSPS) is 11.3. The van der Waals surface area contributed by atoms with Crippen LogP contribution < -0.4 is 15.8 Å². The number of nitrogens with one attached hydrogen (secondary N) is 1. The summed E-state index contributed by atoms with van der Waals surface area (Å²) in [6.07, 6.45) is -4.80. The van der Waals surface area contributed by atoms with Gasteiger partial charge in [-0.3, -0.25) is 0 Å². The zero-order chi connectivity index (χ0) is 15.6. The highest BCUT2D eigenvalue weighted by molar-refractivity contribution is 9.10. The Morgan fingerprint density at radius 2 is 1.90 bits per heavy atom. The molecule has 0 aromatic heterocycles. The number of para-hydroxylation sites is 1. The molecule has 3 nitrogen and oxygen atoms in total. The van der Waals surface area contributed by atoms with E-state index in [4.69, 9.17) is 17.3 Å². The Morgan fingerprint density at radius 3 is 2.52 bits per heavy atom. The number of nitrogen functional groups attached to an aromatic ring is 1. The standard InChI is InChI=1S/C13H9BrClF3N2O/c14-7-4-5-10(11(6-7)21-13(16,17)18)20-12-8(15)2-1-3-9(12)19/h1-6,20H,19H2. The highest BCUT2D eigenvalue weighted by atomic mass is 79.9. The van der Waals surface area contributed by atoms with E-state index in [0.29, 0.717) is 15.8 Å². The van der Waals surface area contributed by atoms with Crippen molar-refractivity contribution >= 4 is 44.6 Å². The predicted molar refractivity (Wildman–Crippen MR) is 80.0 cm³/mol. The summed E-state index contributed by atoms with van der Waals surface area (Å²) in [4.78, 5) is 0. The molecule has 21 heavy (non-hydrogen) atoms. The van der Waals surface area contributed by atoms with Gasteiger partial charge in [-0.25, -0.2) is 0 Å². The van der Waals surface area contributed by atoms with E-state index in [1.807, 2.05) is 0 Å². The molecule has 0 bridgehead atoms. The third kappa shape index (κ3) is 4.18. The first-order valence-corrected chi connectivity index (χ1v) is 6.79. The Hall–Kier alpha value is -1.60. The summed E-state index contributed by atoms with van der Waals surface area (Å²) < 4.78 is 41.7. The Labute approximate surface area is 132 Å². The van der Waals surface area contributed by atoms with Gasteiger partial charge in [0.25, 0.3) is 0 Å². The topological polar surface area (TPSA) is 47.3 Å². The van der Waals surface area contributed by atoms with Crippen LogP contribution in [-0.4, -0.2) is 6.36 Å². The van der Waals surface area contributed by atoms with E-state index < -0.39 is 12.1 Å². The van der Waals surface area contributed by atoms with Crippen molar-refractivity contribution in [2.24, 2.45) is 0 Å². The largest absolute Gasteiger partial charge is 0.573 e. The lowest BCUT2D eigenvalue weighted by Gasteiger charge is -2.16. The Kier molecular flexibility index (Phi) is 4.53. The number of hydrogen-bond acceptors (Lipinski definition) is 3. The molecule has 0 saturated heterocycles. The molecule has 0 heterocycles. The fourth-order valence-electron chi connectivity index (χ4n) is 1.62. The molecule has 0 aliphatic carbocycles. The number of anilines is 3. The van der Waals surface area contributed by atoms with Gasteiger partial charge in [-0.2, -0.15) is 0 Å². The van der Waals surface area contributed by atoms with E-state index in [-0.39, 0.29) is 10.7 Å². The first kappa shape index (κ1) is 15.8. The summed E-state index contributed by atoms with van der Waals surface area (Å²) in [6.45, 7) is 0. The number of rotatable bonds is 3. The van der Waals surface area contributed by atoms with Crippen molar-refractivity contribution in [2.75, 3.05) is 11.1 Å². The van der Waals surface area contributed by atoms with Crippen LogP contribution in [0.15, 0.2) is 40.9 Å². The quantitative estimate of drug-likeness (QED) is 0.707. The van der Waals surface area contributed by atoms with E-state index in [1.165, 1.54) is 12.1 Å². The Bertz CT molecular complexity index is 644. The molecule has 0 spiro atoms. The molecule has 2 aromatic carbocycles. The molecular formula is C13H9BrClF3N2O. The van der Waals surface area contributed by atoms with Crippen molar-refractivity contribution in [1.29, 1.82) is 0 Å². The average Bonchev–Trinajstić information content (AvgIpc) is 2.34. The van der Waals surface area contributed by atoms with E-state index in [0.717, 1.165) is 0 Å². The average molecular weight is 382 g/mol. The van der Waals surface area contributed by atoms with Crippen LogP contribution in [0.25, 0.3) is 0 Å². The maximum Gasteiger partial charge on any atom is 0.573 e. The second-order valence-corrected chi connectivity index (χ2v) is 5.34. The van der Waals surface area contributed by atoms with Crippen LogP contribution in [0, 0.1) is 0 Å². The first-order valence-electron chi connectivity index (χ1n) is 5.62. The second kappa shape index (κ2) is 6.03. The van der Waals surface area contributed by atoms with Gasteiger partial charge in [0.1, 0.15) is 0 Å². The highest BCUT2D eigenvalue weighted by Gasteiger charge is 2.32. The summed E-state index contributed by atoms with van der Waals surface area (Å²) in [7, 11) is 0. The van der Waals surface area contributed by atoms with E-state index in [1.54, 1.807) is 24.3 Å². The molecule has 0 aliphatic rings. The van der Waals surface area contributed by atoms with Gasteiger partial charge in [0.2, 0.25) is 0 Å². The van der Waals surface area contributed by atoms with Crippen molar-refractivity contribution in [3.8, 4) is 5.75 Å². The van der Waals surface area contributed by atoms with E-state index in [2.05, 4.69) is 26.0 Å². The van der Waals surface area contributed by atoms with Crippen molar-refractivity contribution in [3.63, 3.8) is 0 Å². The third-order valence-corrected chi connectivity index (χ3v) is 3.28. The highest BCUT2D eigenvalue weighted by Crippen LogP contribution is 2.38. The lowest BCUT2D eigenvalue weighted by Crippen LogP contribution is -2.18. The van der Waals surface area contributed by atoms with Crippen LogP contribution in [0.1, 0.15) is 0 Å². The number of alkyl halides is 3. The van der Waals surface area contributed by atoms with Crippen LogP contribution in [0.3, 0.4) is 0 Å². The molecule has 0 aliphatic heterocycles. The summed E-state index contributed by atoms with van der Waals surface area (Å²) >= 11 is 9.07. The van der Waals surface area contributed by atoms with Crippen molar-refractivity contribution < 1.29 is 17.9 Å². The minimum absolute atomic E-state index is 0.0929. The third-order valence-electron chi connectivity index (χ3n) is 2.47. The van der Waals surface area contributed by atoms with Gasteiger partial charge < -0.3 is 15.8 Å². The second-order valence-electron chi connectivity index (χ2n) is 4.02. The minimum Gasteiger partial charge on any atom is -0.404 e. The van der Waals surface area contributed by atoms with Crippen LogP contribution in [0.2, 0.25) is 5.02 Å². The Balaban J connectivity index is 2.40. The van der Waals surface area contributed by atoms with Gasteiger partial charge in [-0.05, 0) is 30.3 Å². The van der Waals surface area contributed by atoms with Gasteiger partial charge in [0, 0.05) is 4.47 Å². The number of ether oxygens (including phenoxy) is 1. The molecule has 0 radical (unpaired) electrons. The first-order chi connectivity index (χ1) is 9.76. The van der Waals surface area contributed by atoms with Crippen molar-refractivity contribution in [3.05, 3.63) is 45.9 Å². The molecule has 3 N–H and O–H groups in total. The van der Waals surface area contributed by atoms with Gasteiger partial charge in [0.15, 0.2) is 5.75 Å². The molecule has 0 atom stereocenters. The molecule has 0 unspecified atom stereocenters. The lowest BCUT2D eigenvalue weighted by molar-refractivity contribution is -0.274.